The SMILES string of the molecule is [2H]C[C@H]1OC(n2cnc3c(NC(=O)C(C)C)ncnc32)[C@@H](OC(=S)N2CCS(=O)(=O)CC2)[C@H]1OP(ONCC=C)N(C(C)C)C(C)C. The normalized spacial score (nSPS) is 24.1. The molecule has 4 rings (SSSR count). The standard InChI is InChI=1S/C28H45N8O7PS2/c1-9-10-32-43-44(36(18(4)5)19(6)7)42-22-20(8)40-27(23(22)41-28(45)34-11-13-46(38,39)14-12-34)35-16-31-21-24(29-15-30-25(21)35)33-26(37)17(2)3/h9,15-20,22-23,27,32H,1,10-14H2,2-8H3,(H,29,30,33,37)/t20-,22+,23+,27?,44?/m1/s1/i8D. The van der Waals surface area contributed by atoms with Gasteiger partial charge in [0.2, 0.25) is 5.91 Å². The first kappa shape index (κ1) is 35.0. The molecule has 0 aromatic carbocycles. The Balaban J connectivity index is 1.74. The zero-order valence-electron chi connectivity index (χ0n) is 28.0. The predicted molar refractivity (Wildman–Crippen MR) is 179 cm³/mol. The van der Waals surface area contributed by atoms with Crippen molar-refractivity contribution in [1.29, 1.82) is 0 Å². The lowest BCUT2D eigenvalue weighted by atomic mass is 10.1. The summed E-state index contributed by atoms with van der Waals surface area (Å²) in [5, 5.41) is 2.88. The second-order valence-corrected chi connectivity index (χ2v) is 15.8. The zero-order chi connectivity index (χ0) is 34.5. The molecule has 2 unspecified atom stereocenters. The van der Waals surface area contributed by atoms with Crippen molar-refractivity contribution in [2.24, 2.45) is 5.92 Å². The van der Waals surface area contributed by atoms with E-state index in [2.05, 4.69) is 37.0 Å². The van der Waals surface area contributed by atoms with Crippen LogP contribution in [0.5, 0.6) is 0 Å². The van der Waals surface area contributed by atoms with Crippen molar-refractivity contribution in [2.45, 2.75) is 85.1 Å². The molecule has 2 aliphatic heterocycles. The lowest BCUT2D eigenvalue weighted by Crippen LogP contribution is -2.47. The van der Waals surface area contributed by atoms with Crippen LogP contribution < -0.4 is 10.8 Å². The van der Waals surface area contributed by atoms with Crippen molar-refractivity contribution in [3.63, 3.8) is 0 Å². The molecule has 4 heterocycles. The van der Waals surface area contributed by atoms with Crippen molar-refractivity contribution in [3.05, 3.63) is 25.3 Å². The number of ether oxygens (including phenoxy) is 2. The summed E-state index contributed by atoms with van der Waals surface area (Å²) in [6.07, 6.45) is 0.967. The number of imidazole rings is 1. The minimum atomic E-state index is -3.16. The summed E-state index contributed by atoms with van der Waals surface area (Å²) >= 11 is 5.71. The summed E-state index contributed by atoms with van der Waals surface area (Å²) in [6, 6.07) is 0.0624. The van der Waals surface area contributed by atoms with Crippen LogP contribution in [0.25, 0.3) is 11.2 Å². The van der Waals surface area contributed by atoms with Gasteiger partial charge in [0.1, 0.15) is 12.4 Å². The number of aromatic nitrogens is 4. The summed E-state index contributed by atoms with van der Waals surface area (Å²) in [4.78, 5) is 27.3. The third kappa shape index (κ3) is 8.55. The average Bonchev–Trinajstić information content (AvgIpc) is 3.58. The Morgan fingerprint density at radius 1 is 1.22 bits per heavy atom. The molecular weight excluding hydrogens is 655 g/mol. The third-order valence-electron chi connectivity index (χ3n) is 7.35. The lowest BCUT2D eigenvalue weighted by Gasteiger charge is -2.38. The van der Waals surface area contributed by atoms with E-state index in [0.29, 0.717) is 17.7 Å². The minimum Gasteiger partial charge on any atom is -0.460 e. The van der Waals surface area contributed by atoms with Gasteiger partial charge < -0.3 is 24.2 Å². The van der Waals surface area contributed by atoms with Gasteiger partial charge in [-0.3, -0.25) is 9.36 Å². The molecule has 0 radical (unpaired) electrons. The predicted octanol–water partition coefficient (Wildman–Crippen LogP) is 3.18. The molecule has 256 valence electrons. The fraction of sp³-hybridized carbons (Fsp3) is 0.679. The first-order valence-corrected chi connectivity index (χ1v) is 18.5. The largest absolute Gasteiger partial charge is 0.460 e. The fourth-order valence-electron chi connectivity index (χ4n) is 5.01. The van der Waals surface area contributed by atoms with E-state index in [1.54, 1.807) is 29.4 Å². The Morgan fingerprint density at radius 2 is 1.91 bits per heavy atom. The van der Waals surface area contributed by atoms with Gasteiger partial charge in [-0.15, -0.1) is 6.58 Å². The van der Waals surface area contributed by atoms with Crippen LogP contribution >= 0.6 is 20.7 Å². The van der Waals surface area contributed by atoms with Crippen molar-refractivity contribution in [2.75, 3.05) is 36.5 Å². The Morgan fingerprint density at radius 3 is 2.52 bits per heavy atom. The average molecular weight is 702 g/mol. The number of rotatable bonds is 13. The van der Waals surface area contributed by atoms with Gasteiger partial charge in [-0.1, -0.05) is 19.9 Å². The highest BCUT2D eigenvalue weighted by Crippen LogP contribution is 2.50. The van der Waals surface area contributed by atoms with E-state index in [1.165, 1.54) is 12.7 Å². The van der Waals surface area contributed by atoms with Gasteiger partial charge in [-0.05, 0) is 46.8 Å². The molecule has 0 bridgehead atoms. The number of carbonyl (C=O) groups excluding carboxylic acids is 1. The maximum Gasteiger partial charge on any atom is 0.277 e. The highest BCUT2D eigenvalue weighted by molar-refractivity contribution is 7.91. The number of amides is 1. The number of anilines is 1. The number of hydrogen-bond donors (Lipinski definition) is 2. The van der Waals surface area contributed by atoms with Crippen LogP contribution in [0.4, 0.5) is 5.82 Å². The summed E-state index contributed by atoms with van der Waals surface area (Å²) in [6.45, 7) is 16.0. The fourth-order valence-corrected chi connectivity index (χ4v) is 8.16. The van der Waals surface area contributed by atoms with Crippen LogP contribution in [-0.2, 0) is 33.3 Å². The Bertz CT molecular complexity index is 1490. The molecule has 2 N–H and O–H groups in total. The second-order valence-electron chi connectivity index (χ2n) is 11.8. The van der Waals surface area contributed by atoms with Gasteiger partial charge in [0.15, 0.2) is 39.2 Å². The minimum absolute atomic E-state index is 0.0312. The molecule has 46 heavy (non-hydrogen) atoms. The molecule has 2 aromatic heterocycles. The molecule has 15 nitrogen and oxygen atoms in total. The van der Waals surface area contributed by atoms with Crippen LogP contribution in [0.1, 0.15) is 56.0 Å². The van der Waals surface area contributed by atoms with E-state index in [4.69, 9.17) is 32.2 Å². The van der Waals surface area contributed by atoms with Crippen LogP contribution in [0.3, 0.4) is 0 Å². The molecule has 18 heteroatoms. The van der Waals surface area contributed by atoms with Crippen molar-refractivity contribution >= 4 is 58.6 Å². The molecular formula is C28H45N8O7PS2. The molecule has 2 saturated heterocycles. The number of hydroxylamine groups is 1. The van der Waals surface area contributed by atoms with E-state index in [9.17, 15) is 13.2 Å². The van der Waals surface area contributed by atoms with Crippen molar-refractivity contribution in [1.82, 2.24) is 34.6 Å². The van der Waals surface area contributed by atoms with Gasteiger partial charge in [0, 0.05) is 39.0 Å². The Kier molecular flexibility index (Phi) is 11.9. The molecule has 5 atom stereocenters. The lowest BCUT2D eigenvalue weighted by molar-refractivity contribution is -0.118. The number of thiocarbonyl (C=S) groups is 1. The van der Waals surface area contributed by atoms with Crippen LogP contribution in [0, 0.1) is 5.92 Å². The second kappa shape index (κ2) is 15.7. The molecule has 2 aromatic rings. The van der Waals surface area contributed by atoms with E-state index in [0.717, 1.165) is 0 Å². The summed E-state index contributed by atoms with van der Waals surface area (Å²) in [5.74, 6) is -0.360. The highest BCUT2D eigenvalue weighted by atomic mass is 32.2. The van der Waals surface area contributed by atoms with Gasteiger partial charge in [0.25, 0.3) is 13.7 Å². The smallest absolute Gasteiger partial charge is 0.277 e. The first-order valence-electron chi connectivity index (χ1n) is 15.8. The number of nitrogens with one attached hydrogen (secondary N) is 2. The number of hydrogen-bond acceptors (Lipinski definition) is 13. The third-order valence-corrected chi connectivity index (χ3v) is 11.3. The van der Waals surface area contributed by atoms with E-state index in [-0.39, 0.29) is 66.4 Å². The van der Waals surface area contributed by atoms with Crippen molar-refractivity contribution < 1.29 is 33.2 Å². The quantitative estimate of drug-likeness (QED) is 0.103. The summed E-state index contributed by atoms with van der Waals surface area (Å²) < 4.78 is 62.1. The maximum absolute atomic E-state index is 12.5. The number of sulfone groups is 1. The van der Waals surface area contributed by atoms with E-state index in [1.807, 2.05) is 27.7 Å². The molecule has 2 fully saturated rings. The summed E-state index contributed by atoms with van der Waals surface area (Å²) in [5.41, 5.74) is 3.59. The number of carbonyl (C=O) groups is 1. The van der Waals surface area contributed by atoms with E-state index < -0.39 is 42.9 Å². The van der Waals surface area contributed by atoms with E-state index >= 15 is 0 Å². The first-order chi connectivity index (χ1) is 22.3. The molecule has 0 saturated carbocycles. The van der Waals surface area contributed by atoms with Crippen molar-refractivity contribution in [3.8, 4) is 0 Å². The monoisotopic (exact) mass is 701 g/mol. The zero-order valence-corrected chi connectivity index (χ0v) is 29.6. The Hall–Kier alpha value is -2.37. The van der Waals surface area contributed by atoms with Gasteiger partial charge in [-0.25, -0.2) is 32.7 Å². The number of nitrogens with zero attached hydrogens (tertiary/aromatic N) is 6. The van der Waals surface area contributed by atoms with Crippen LogP contribution in [-0.4, -0.2) is 110 Å². The highest BCUT2D eigenvalue weighted by Gasteiger charge is 2.50. The van der Waals surface area contributed by atoms with Crippen LogP contribution in [0.2, 0.25) is 0 Å². The summed E-state index contributed by atoms with van der Waals surface area (Å²) in [7, 11) is -4.94. The van der Waals surface area contributed by atoms with Gasteiger partial charge in [-0.2, -0.15) is 5.48 Å². The Labute approximate surface area is 278 Å². The van der Waals surface area contributed by atoms with Crippen LogP contribution in [0.15, 0.2) is 25.3 Å². The molecule has 1 amide bonds. The molecule has 0 spiro atoms. The van der Waals surface area contributed by atoms with Gasteiger partial charge >= 0.3 is 0 Å². The molecule has 0 aliphatic carbocycles. The maximum atomic E-state index is 12.5. The number of fused-ring (bicyclic) bond motifs is 1. The van der Waals surface area contributed by atoms with Gasteiger partial charge in [0.05, 0.1) is 23.9 Å². The topological polar surface area (TPSA) is 162 Å². The molecule has 2 aliphatic rings.